The van der Waals surface area contributed by atoms with Gasteiger partial charge in [0.2, 0.25) is 0 Å². The lowest BCUT2D eigenvalue weighted by atomic mass is 10.0. The molecule has 0 unspecified atom stereocenters. The molecule has 0 saturated heterocycles. The summed E-state index contributed by atoms with van der Waals surface area (Å²) in [6, 6.07) is 12.8. The molecule has 0 atom stereocenters. The second kappa shape index (κ2) is 6.39. The molecular weight excluding hydrogens is 315 g/mol. The average molecular weight is 336 g/mol. The molecule has 0 aromatic heterocycles. The highest BCUT2D eigenvalue weighted by atomic mass is 35.5. The number of hydrogen-bond acceptors (Lipinski definition) is 2. The number of nitrogens with zero attached hydrogens (tertiary/aromatic N) is 1. The Kier molecular flexibility index (Phi) is 4.93. The third-order valence-corrected chi connectivity index (χ3v) is 3.73. The summed E-state index contributed by atoms with van der Waals surface area (Å²) in [6.07, 6.45) is 0. The highest BCUT2D eigenvalue weighted by Gasteiger charge is 2.16. The zero-order valence-corrected chi connectivity index (χ0v) is 15.1. The molecule has 4 heteroatoms. The van der Waals surface area contributed by atoms with Crippen molar-refractivity contribution in [2.75, 3.05) is 24.3 Å². The molecule has 2 aromatic rings. The third kappa shape index (κ3) is 4.08. The Morgan fingerprint density at radius 2 is 1.73 bits per heavy atom. The maximum absolute atomic E-state index is 6.43. The van der Waals surface area contributed by atoms with E-state index in [0.29, 0.717) is 10.0 Å². The van der Waals surface area contributed by atoms with Crippen LogP contribution in [0.1, 0.15) is 20.8 Å². The fourth-order valence-corrected chi connectivity index (χ4v) is 2.58. The van der Waals surface area contributed by atoms with E-state index in [-0.39, 0.29) is 5.54 Å². The van der Waals surface area contributed by atoms with Crippen LogP contribution in [-0.2, 0) is 0 Å². The van der Waals surface area contributed by atoms with E-state index in [1.54, 1.807) is 0 Å². The maximum atomic E-state index is 6.43. The van der Waals surface area contributed by atoms with Crippen molar-refractivity contribution < 1.29 is 0 Å². The molecule has 2 nitrogen and oxygen atoms in total. The van der Waals surface area contributed by atoms with Crippen molar-refractivity contribution >= 4 is 34.6 Å². The summed E-state index contributed by atoms with van der Waals surface area (Å²) in [5, 5.41) is 4.76. The highest BCUT2D eigenvalue weighted by Crippen LogP contribution is 2.38. The number of halogens is 2. The van der Waals surface area contributed by atoms with Crippen LogP contribution < -0.4 is 10.2 Å². The lowest BCUT2D eigenvalue weighted by molar-refractivity contribution is 0.634. The number of benzene rings is 2. The number of rotatable bonds is 3. The molecule has 0 aliphatic rings. The number of anilines is 2. The Hall–Kier alpha value is -1.38. The van der Waals surface area contributed by atoms with Gasteiger partial charge in [-0.25, -0.2) is 0 Å². The summed E-state index contributed by atoms with van der Waals surface area (Å²) < 4.78 is 0. The van der Waals surface area contributed by atoms with Crippen LogP contribution in [0.4, 0.5) is 11.4 Å². The second-order valence-electron chi connectivity index (χ2n) is 6.54. The molecule has 2 rings (SSSR count). The average Bonchev–Trinajstić information content (AvgIpc) is 2.40. The summed E-state index contributed by atoms with van der Waals surface area (Å²) in [4.78, 5) is 2.05. The molecule has 0 aliphatic carbocycles. The molecule has 0 heterocycles. The van der Waals surface area contributed by atoms with Crippen LogP contribution in [-0.4, -0.2) is 19.6 Å². The number of nitrogens with one attached hydrogen (secondary N) is 1. The van der Waals surface area contributed by atoms with E-state index in [4.69, 9.17) is 23.2 Å². The summed E-state index contributed by atoms with van der Waals surface area (Å²) in [5.74, 6) is 0. The molecule has 1 radical (unpaired) electrons. The molecule has 0 saturated carbocycles. The zero-order chi connectivity index (χ0) is 16.5. The predicted octanol–water partition coefficient (Wildman–Crippen LogP) is 5.74. The first-order valence-corrected chi connectivity index (χ1v) is 7.89. The highest BCUT2D eigenvalue weighted by molar-refractivity contribution is 6.34. The van der Waals surface area contributed by atoms with Gasteiger partial charge in [-0.2, -0.15) is 0 Å². The Morgan fingerprint density at radius 1 is 1.05 bits per heavy atom. The van der Waals surface area contributed by atoms with Gasteiger partial charge < -0.3 is 10.2 Å². The van der Waals surface area contributed by atoms with Crippen LogP contribution >= 0.6 is 23.2 Å². The van der Waals surface area contributed by atoms with E-state index in [0.717, 1.165) is 22.5 Å². The van der Waals surface area contributed by atoms with Gasteiger partial charge in [-0.3, -0.25) is 0 Å². The van der Waals surface area contributed by atoms with Crippen molar-refractivity contribution in [3.63, 3.8) is 0 Å². The fourth-order valence-electron chi connectivity index (χ4n) is 2.19. The zero-order valence-electron chi connectivity index (χ0n) is 13.6. The van der Waals surface area contributed by atoms with Crippen molar-refractivity contribution in [2.45, 2.75) is 26.3 Å². The lowest BCUT2D eigenvalue weighted by Gasteiger charge is -2.25. The number of hydrogen-bond donors (Lipinski definition) is 1. The first-order valence-electron chi connectivity index (χ1n) is 7.14. The van der Waals surface area contributed by atoms with Gasteiger partial charge in [-0.05, 0) is 51.1 Å². The van der Waals surface area contributed by atoms with E-state index in [1.807, 2.05) is 43.3 Å². The van der Waals surface area contributed by atoms with Crippen LogP contribution in [0.5, 0.6) is 0 Å². The van der Waals surface area contributed by atoms with Gasteiger partial charge >= 0.3 is 0 Å². The molecule has 22 heavy (non-hydrogen) atoms. The molecule has 0 spiro atoms. The quantitative estimate of drug-likeness (QED) is 0.769. The van der Waals surface area contributed by atoms with E-state index < -0.39 is 0 Å². The predicted molar refractivity (Wildman–Crippen MR) is 98.4 cm³/mol. The van der Waals surface area contributed by atoms with Crippen molar-refractivity contribution in [3.8, 4) is 11.1 Å². The first kappa shape index (κ1) is 17.0. The van der Waals surface area contributed by atoms with Gasteiger partial charge in [0, 0.05) is 58.2 Å². The second-order valence-corrected chi connectivity index (χ2v) is 7.36. The first-order chi connectivity index (χ1) is 10.2. The van der Waals surface area contributed by atoms with Crippen LogP contribution in [0.3, 0.4) is 0 Å². The lowest BCUT2D eigenvalue weighted by Crippen LogP contribution is -2.26. The van der Waals surface area contributed by atoms with Crippen molar-refractivity contribution in [1.29, 1.82) is 0 Å². The SMILES string of the molecule is CN(C)c1ccc(Cl)c(-c2cc(Cl)[c]cc2NC(C)(C)C)c1. The molecule has 2 aromatic carbocycles. The topological polar surface area (TPSA) is 15.3 Å². The van der Waals surface area contributed by atoms with Gasteiger partial charge in [0.25, 0.3) is 0 Å². The summed E-state index contributed by atoms with van der Waals surface area (Å²) in [6.45, 7) is 6.34. The van der Waals surface area contributed by atoms with Gasteiger partial charge in [0.15, 0.2) is 0 Å². The van der Waals surface area contributed by atoms with Crippen LogP contribution in [0.15, 0.2) is 30.3 Å². The standard InChI is InChI=1S/C18H21Cl2N2/c1-18(2,3)21-17-9-6-12(19)10-15(17)14-11-13(22(4)5)7-8-16(14)20/h7-11,21H,1-5H3. The van der Waals surface area contributed by atoms with E-state index in [1.165, 1.54) is 0 Å². The van der Waals surface area contributed by atoms with Crippen molar-refractivity contribution in [1.82, 2.24) is 0 Å². The molecular formula is C18H21Cl2N2. The van der Waals surface area contributed by atoms with Crippen LogP contribution in [0.2, 0.25) is 10.0 Å². The molecule has 0 amide bonds. The van der Waals surface area contributed by atoms with Crippen molar-refractivity contribution in [3.05, 3.63) is 46.4 Å². The van der Waals surface area contributed by atoms with E-state index in [2.05, 4.69) is 38.2 Å². The minimum Gasteiger partial charge on any atom is -0.380 e. The maximum Gasteiger partial charge on any atom is 0.0492 e. The molecule has 0 fully saturated rings. The minimum absolute atomic E-state index is 0.0674. The van der Waals surface area contributed by atoms with Crippen LogP contribution in [0.25, 0.3) is 11.1 Å². The molecule has 117 valence electrons. The monoisotopic (exact) mass is 335 g/mol. The fraction of sp³-hybridized carbons (Fsp3) is 0.333. The van der Waals surface area contributed by atoms with Gasteiger partial charge in [-0.15, -0.1) is 0 Å². The van der Waals surface area contributed by atoms with Crippen molar-refractivity contribution in [2.24, 2.45) is 0 Å². The molecule has 1 N–H and O–H groups in total. The minimum atomic E-state index is -0.0674. The summed E-state index contributed by atoms with van der Waals surface area (Å²) >= 11 is 12.6. The summed E-state index contributed by atoms with van der Waals surface area (Å²) in [5.41, 5.74) is 3.92. The Balaban J connectivity index is 2.60. The van der Waals surface area contributed by atoms with Gasteiger partial charge in [0.05, 0.1) is 0 Å². The Labute approximate surface area is 143 Å². The van der Waals surface area contributed by atoms with E-state index in [9.17, 15) is 0 Å². The molecule has 0 aliphatic heterocycles. The van der Waals surface area contributed by atoms with Gasteiger partial charge in [-0.1, -0.05) is 23.2 Å². The molecule has 0 bridgehead atoms. The normalized spacial score (nSPS) is 11.4. The van der Waals surface area contributed by atoms with Gasteiger partial charge in [0.1, 0.15) is 0 Å². The largest absolute Gasteiger partial charge is 0.380 e. The van der Waals surface area contributed by atoms with E-state index >= 15 is 0 Å². The van der Waals surface area contributed by atoms with Crippen LogP contribution in [0, 0.1) is 6.07 Å². The Bertz CT molecular complexity index is 673. The summed E-state index contributed by atoms with van der Waals surface area (Å²) in [7, 11) is 4.01. The third-order valence-electron chi connectivity index (χ3n) is 3.18. The Morgan fingerprint density at radius 3 is 2.32 bits per heavy atom. The smallest absolute Gasteiger partial charge is 0.0492 e.